The molecule has 3 N–H and O–H groups in total. The van der Waals surface area contributed by atoms with Crippen LogP contribution in [0.4, 0.5) is 14.6 Å². The van der Waals surface area contributed by atoms with Crippen molar-refractivity contribution < 1.29 is 18.3 Å². The number of anilines is 1. The molecular weight excluding hydrogens is 282 g/mol. The second-order valence-electron chi connectivity index (χ2n) is 4.00. The average Bonchev–Trinajstić information content (AvgIpc) is 2.43. The molecule has 1 aromatic carbocycles. The van der Waals surface area contributed by atoms with Gasteiger partial charge < -0.3 is 14.9 Å². The number of nitrogens with zero attached hydrogens (tertiary/aromatic N) is 2. The summed E-state index contributed by atoms with van der Waals surface area (Å²) in [5.74, 6) is 4.52. The molecule has 2 rings (SSSR count). The number of nitrogens with one attached hydrogen (secondary N) is 1. The van der Waals surface area contributed by atoms with Gasteiger partial charge in [0, 0.05) is 30.9 Å². The summed E-state index contributed by atoms with van der Waals surface area (Å²) in [5, 5.41) is 0. The number of halogens is 2. The lowest BCUT2D eigenvalue weighted by Gasteiger charge is -2.09. The smallest absolute Gasteiger partial charge is 0.224 e. The molecule has 0 aliphatic carbocycles. The van der Waals surface area contributed by atoms with Crippen molar-refractivity contribution >= 4 is 5.82 Å². The largest absolute Gasteiger partial charge is 0.439 e. The minimum Gasteiger partial charge on any atom is -0.439 e. The summed E-state index contributed by atoms with van der Waals surface area (Å²) in [5.41, 5.74) is 2.36. The standard InChI is InChI=1S/C13H14F2N4O2/c1-2-20-7-12-17-11(19-16)6-13(18-12)21-10-4-8(14)3-9(15)5-10/h3-6H,2,7,16H2,1H3,(H,17,18,19). The van der Waals surface area contributed by atoms with Crippen LogP contribution in [0.25, 0.3) is 0 Å². The van der Waals surface area contributed by atoms with Gasteiger partial charge in [0.15, 0.2) is 5.82 Å². The van der Waals surface area contributed by atoms with E-state index in [0.29, 0.717) is 18.2 Å². The number of hydrazine groups is 1. The Morgan fingerprint density at radius 1 is 1.14 bits per heavy atom. The van der Waals surface area contributed by atoms with Gasteiger partial charge in [-0.05, 0) is 6.92 Å². The molecule has 0 unspecified atom stereocenters. The number of rotatable bonds is 6. The minimum absolute atomic E-state index is 0.0171. The van der Waals surface area contributed by atoms with Crippen LogP contribution in [-0.2, 0) is 11.3 Å². The Hall–Kier alpha value is -2.32. The van der Waals surface area contributed by atoms with Gasteiger partial charge in [-0.1, -0.05) is 0 Å². The lowest BCUT2D eigenvalue weighted by atomic mass is 10.3. The van der Waals surface area contributed by atoms with Crippen LogP contribution in [-0.4, -0.2) is 16.6 Å². The molecule has 112 valence electrons. The third-order valence-electron chi connectivity index (χ3n) is 2.39. The summed E-state index contributed by atoms with van der Waals surface area (Å²) in [6.45, 7) is 2.49. The van der Waals surface area contributed by atoms with Crippen LogP contribution < -0.4 is 16.0 Å². The van der Waals surface area contributed by atoms with E-state index in [1.54, 1.807) is 0 Å². The number of nitrogen functional groups attached to an aromatic ring is 1. The van der Waals surface area contributed by atoms with E-state index in [0.717, 1.165) is 18.2 Å². The van der Waals surface area contributed by atoms with E-state index in [4.69, 9.17) is 15.3 Å². The van der Waals surface area contributed by atoms with Crippen LogP contribution in [0.5, 0.6) is 11.6 Å². The monoisotopic (exact) mass is 296 g/mol. The van der Waals surface area contributed by atoms with E-state index in [-0.39, 0.29) is 18.2 Å². The van der Waals surface area contributed by atoms with Crippen molar-refractivity contribution in [3.05, 3.63) is 41.7 Å². The van der Waals surface area contributed by atoms with Gasteiger partial charge in [-0.3, -0.25) is 0 Å². The number of aromatic nitrogens is 2. The number of hydrogen-bond acceptors (Lipinski definition) is 6. The molecule has 1 aromatic heterocycles. The predicted molar refractivity (Wildman–Crippen MR) is 71.6 cm³/mol. The zero-order chi connectivity index (χ0) is 15.2. The summed E-state index contributed by atoms with van der Waals surface area (Å²) in [6.07, 6.45) is 0. The van der Waals surface area contributed by atoms with E-state index in [2.05, 4.69) is 15.4 Å². The van der Waals surface area contributed by atoms with E-state index in [1.165, 1.54) is 6.07 Å². The molecule has 0 atom stereocenters. The molecule has 6 nitrogen and oxygen atoms in total. The zero-order valence-corrected chi connectivity index (χ0v) is 11.3. The lowest BCUT2D eigenvalue weighted by molar-refractivity contribution is 0.128. The predicted octanol–water partition coefficient (Wildman–Crippen LogP) is 2.37. The maximum Gasteiger partial charge on any atom is 0.224 e. The first-order chi connectivity index (χ1) is 10.1. The highest BCUT2D eigenvalue weighted by Gasteiger charge is 2.08. The van der Waals surface area contributed by atoms with Crippen molar-refractivity contribution in [1.82, 2.24) is 9.97 Å². The topological polar surface area (TPSA) is 82.3 Å². The van der Waals surface area contributed by atoms with Gasteiger partial charge >= 0.3 is 0 Å². The second-order valence-corrected chi connectivity index (χ2v) is 4.00. The fraction of sp³-hybridized carbons (Fsp3) is 0.231. The van der Waals surface area contributed by atoms with Gasteiger partial charge in [0.2, 0.25) is 5.88 Å². The first kappa shape index (κ1) is 15.1. The fourth-order valence-corrected chi connectivity index (χ4v) is 1.57. The number of benzene rings is 1. The quantitative estimate of drug-likeness (QED) is 0.629. The van der Waals surface area contributed by atoms with Crippen molar-refractivity contribution in [2.45, 2.75) is 13.5 Å². The van der Waals surface area contributed by atoms with E-state index in [9.17, 15) is 8.78 Å². The third-order valence-corrected chi connectivity index (χ3v) is 2.39. The lowest BCUT2D eigenvalue weighted by Crippen LogP contribution is -2.11. The molecule has 0 fully saturated rings. The molecule has 0 bridgehead atoms. The first-order valence-electron chi connectivity index (χ1n) is 6.17. The molecule has 1 heterocycles. The van der Waals surface area contributed by atoms with E-state index in [1.807, 2.05) is 6.92 Å². The van der Waals surface area contributed by atoms with Crippen molar-refractivity contribution in [3.8, 4) is 11.6 Å². The minimum atomic E-state index is -0.745. The molecular formula is C13H14F2N4O2. The molecule has 0 saturated carbocycles. The Balaban J connectivity index is 2.25. The van der Waals surface area contributed by atoms with Gasteiger partial charge in [-0.25, -0.2) is 19.6 Å². The van der Waals surface area contributed by atoms with Crippen LogP contribution >= 0.6 is 0 Å². The Bertz CT molecular complexity index is 605. The molecule has 0 spiro atoms. The van der Waals surface area contributed by atoms with Crippen molar-refractivity contribution in [1.29, 1.82) is 0 Å². The maximum atomic E-state index is 13.1. The summed E-state index contributed by atoms with van der Waals surface area (Å²) < 4.78 is 36.7. The van der Waals surface area contributed by atoms with Gasteiger partial charge in [0.05, 0.1) is 0 Å². The van der Waals surface area contributed by atoms with Gasteiger partial charge in [-0.15, -0.1) is 0 Å². The average molecular weight is 296 g/mol. The summed E-state index contributed by atoms with van der Waals surface area (Å²) >= 11 is 0. The van der Waals surface area contributed by atoms with Crippen molar-refractivity contribution in [2.75, 3.05) is 12.0 Å². The molecule has 8 heteroatoms. The molecule has 2 aromatic rings. The fourth-order valence-electron chi connectivity index (χ4n) is 1.57. The molecule has 0 aliphatic rings. The van der Waals surface area contributed by atoms with Crippen molar-refractivity contribution in [3.63, 3.8) is 0 Å². The maximum absolute atomic E-state index is 13.1. The number of nitrogens with two attached hydrogens (primary N) is 1. The highest BCUT2D eigenvalue weighted by Crippen LogP contribution is 2.23. The Morgan fingerprint density at radius 2 is 1.86 bits per heavy atom. The number of ether oxygens (including phenoxy) is 2. The van der Waals surface area contributed by atoms with Gasteiger partial charge in [0.25, 0.3) is 0 Å². The highest BCUT2D eigenvalue weighted by atomic mass is 19.1. The van der Waals surface area contributed by atoms with Crippen LogP contribution in [0.3, 0.4) is 0 Å². The van der Waals surface area contributed by atoms with Crippen molar-refractivity contribution in [2.24, 2.45) is 5.84 Å². The molecule has 21 heavy (non-hydrogen) atoms. The Kier molecular flexibility index (Phi) is 4.96. The van der Waals surface area contributed by atoms with Gasteiger partial charge in [-0.2, -0.15) is 4.98 Å². The van der Waals surface area contributed by atoms with Crippen LogP contribution in [0.15, 0.2) is 24.3 Å². The highest BCUT2D eigenvalue weighted by molar-refractivity contribution is 5.39. The Morgan fingerprint density at radius 3 is 2.48 bits per heavy atom. The summed E-state index contributed by atoms with van der Waals surface area (Å²) in [6, 6.07) is 4.24. The normalized spacial score (nSPS) is 10.5. The molecule has 0 saturated heterocycles. The summed E-state index contributed by atoms with van der Waals surface area (Å²) in [4.78, 5) is 8.14. The first-order valence-corrected chi connectivity index (χ1v) is 6.17. The zero-order valence-electron chi connectivity index (χ0n) is 11.3. The molecule has 0 radical (unpaired) electrons. The molecule has 0 aliphatic heterocycles. The van der Waals surface area contributed by atoms with Crippen LogP contribution in [0.1, 0.15) is 12.7 Å². The SMILES string of the molecule is CCOCc1nc(NN)cc(Oc2cc(F)cc(F)c2)n1. The second kappa shape index (κ2) is 6.91. The van der Waals surface area contributed by atoms with E-state index < -0.39 is 11.6 Å². The van der Waals surface area contributed by atoms with E-state index >= 15 is 0 Å². The molecule has 0 amide bonds. The number of hydrogen-bond donors (Lipinski definition) is 2. The van der Waals surface area contributed by atoms with Gasteiger partial charge in [0.1, 0.15) is 29.8 Å². The Labute approximate surface area is 119 Å². The van der Waals surface area contributed by atoms with Crippen LogP contribution in [0.2, 0.25) is 0 Å². The third kappa shape index (κ3) is 4.33. The summed E-state index contributed by atoms with van der Waals surface area (Å²) in [7, 11) is 0. The van der Waals surface area contributed by atoms with Crippen LogP contribution in [0, 0.1) is 11.6 Å².